The van der Waals surface area contributed by atoms with E-state index in [0.717, 1.165) is 25.7 Å². The summed E-state index contributed by atoms with van der Waals surface area (Å²) in [6, 6.07) is 0. The van der Waals surface area contributed by atoms with Gasteiger partial charge in [0.2, 0.25) is 0 Å². The standard InChI is InChI=1S/C15H32O2/c1-14(2,16)12-10-8-6-5-7-9-11-13-15(3,4)17/h16-17H,5-13H2,1-4H3. The highest BCUT2D eigenvalue weighted by molar-refractivity contribution is 4.65. The monoisotopic (exact) mass is 244 g/mol. The molecular formula is C15H32O2. The van der Waals surface area contributed by atoms with E-state index in [1.54, 1.807) is 0 Å². The summed E-state index contributed by atoms with van der Waals surface area (Å²) in [5.41, 5.74) is -0.987. The van der Waals surface area contributed by atoms with E-state index in [9.17, 15) is 10.2 Å². The van der Waals surface area contributed by atoms with Crippen LogP contribution in [0.5, 0.6) is 0 Å². The summed E-state index contributed by atoms with van der Waals surface area (Å²) < 4.78 is 0. The Hall–Kier alpha value is -0.0800. The van der Waals surface area contributed by atoms with Crippen LogP contribution in [0.1, 0.15) is 85.5 Å². The molecule has 0 aromatic rings. The predicted octanol–water partition coefficient (Wildman–Crippen LogP) is 4.04. The third-order valence-corrected chi connectivity index (χ3v) is 3.08. The molecule has 0 unspecified atom stereocenters. The lowest BCUT2D eigenvalue weighted by Crippen LogP contribution is -2.17. The smallest absolute Gasteiger partial charge is 0.0591 e. The van der Waals surface area contributed by atoms with Gasteiger partial charge in [-0.05, 0) is 40.5 Å². The van der Waals surface area contributed by atoms with Crippen LogP contribution in [0.2, 0.25) is 0 Å². The van der Waals surface area contributed by atoms with Gasteiger partial charge in [0.05, 0.1) is 11.2 Å². The van der Waals surface area contributed by atoms with Crippen LogP contribution in [-0.2, 0) is 0 Å². The van der Waals surface area contributed by atoms with Gasteiger partial charge >= 0.3 is 0 Å². The Balaban J connectivity index is 3.15. The first-order valence-electron chi connectivity index (χ1n) is 7.15. The molecule has 0 amide bonds. The molecule has 0 bridgehead atoms. The molecule has 0 atom stereocenters. The number of hydrogen-bond acceptors (Lipinski definition) is 2. The van der Waals surface area contributed by atoms with Crippen molar-refractivity contribution in [2.75, 3.05) is 0 Å². The van der Waals surface area contributed by atoms with Gasteiger partial charge in [0, 0.05) is 0 Å². The maximum atomic E-state index is 9.54. The topological polar surface area (TPSA) is 40.5 Å². The molecule has 0 aliphatic rings. The van der Waals surface area contributed by atoms with Crippen molar-refractivity contribution in [2.24, 2.45) is 0 Å². The van der Waals surface area contributed by atoms with Crippen molar-refractivity contribution in [3.05, 3.63) is 0 Å². The highest BCUT2D eigenvalue weighted by Crippen LogP contribution is 2.17. The van der Waals surface area contributed by atoms with Gasteiger partial charge in [-0.25, -0.2) is 0 Å². The first-order valence-corrected chi connectivity index (χ1v) is 7.15. The second-order valence-electron chi connectivity index (χ2n) is 6.60. The van der Waals surface area contributed by atoms with E-state index in [-0.39, 0.29) is 0 Å². The SMILES string of the molecule is CC(C)(O)CCCCCCCCCC(C)(C)O. The highest BCUT2D eigenvalue weighted by Gasteiger charge is 2.11. The molecule has 2 nitrogen and oxygen atoms in total. The van der Waals surface area contributed by atoms with E-state index < -0.39 is 11.2 Å². The molecule has 0 spiro atoms. The molecule has 0 aliphatic carbocycles. The van der Waals surface area contributed by atoms with Crippen molar-refractivity contribution in [1.29, 1.82) is 0 Å². The van der Waals surface area contributed by atoms with Crippen molar-refractivity contribution >= 4 is 0 Å². The van der Waals surface area contributed by atoms with E-state index >= 15 is 0 Å². The quantitative estimate of drug-likeness (QED) is 0.569. The van der Waals surface area contributed by atoms with Gasteiger partial charge in [0.1, 0.15) is 0 Å². The number of unbranched alkanes of at least 4 members (excludes halogenated alkanes) is 6. The molecule has 0 radical (unpaired) electrons. The third kappa shape index (κ3) is 15.9. The maximum absolute atomic E-state index is 9.54. The molecule has 0 aromatic carbocycles. The van der Waals surface area contributed by atoms with Crippen LogP contribution in [0.25, 0.3) is 0 Å². The van der Waals surface area contributed by atoms with Gasteiger partial charge in [-0.1, -0.05) is 44.9 Å². The van der Waals surface area contributed by atoms with Crippen LogP contribution in [0.4, 0.5) is 0 Å². The van der Waals surface area contributed by atoms with Gasteiger partial charge in [0.15, 0.2) is 0 Å². The fourth-order valence-electron chi connectivity index (χ4n) is 2.00. The van der Waals surface area contributed by atoms with Crippen LogP contribution >= 0.6 is 0 Å². The van der Waals surface area contributed by atoms with Gasteiger partial charge in [-0.2, -0.15) is 0 Å². The molecule has 104 valence electrons. The Labute approximate surface area is 107 Å². The third-order valence-electron chi connectivity index (χ3n) is 3.08. The Bertz CT molecular complexity index is 154. The van der Waals surface area contributed by atoms with Crippen LogP contribution in [-0.4, -0.2) is 21.4 Å². The minimum Gasteiger partial charge on any atom is -0.390 e. The van der Waals surface area contributed by atoms with Crippen molar-refractivity contribution in [2.45, 2.75) is 96.7 Å². The molecule has 0 saturated heterocycles. The van der Waals surface area contributed by atoms with Crippen LogP contribution in [0, 0.1) is 0 Å². The lowest BCUT2D eigenvalue weighted by molar-refractivity contribution is 0.0680. The largest absolute Gasteiger partial charge is 0.390 e. The van der Waals surface area contributed by atoms with Crippen LogP contribution in [0.3, 0.4) is 0 Å². The Morgan fingerprint density at radius 1 is 0.529 bits per heavy atom. The normalized spacial score (nSPS) is 13.1. The molecule has 2 heteroatoms. The van der Waals surface area contributed by atoms with Crippen LogP contribution < -0.4 is 0 Å². The van der Waals surface area contributed by atoms with E-state index in [1.165, 1.54) is 32.1 Å². The molecule has 0 fully saturated rings. The maximum Gasteiger partial charge on any atom is 0.0591 e. The molecule has 0 saturated carbocycles. The average molecular weight is 244 g/mol. The van der Waals surface area contributed by atoms with Gasteiger partial charge < -0.3 is 10.2 Å². The number of aliphatic hydroxyl groups is 2. The number of hydrogen-bond donors (Lipinski definition) is 2. The van der Waals surface area contributed by atoms with E-state index in [4.69, 9.17) is 0 Å². The summed E-state index contributed by atoms with van der Waals surface area (Å²) in [4.78, 5) is 0. The predicted molar refractivity (Wildman–Crippen MR) is 74.1 cm³/mol. The summed E-state index contributed by atoms with van der Waals surface area (Å²) >= 11 is 0. The minimum atomic E-state index is -0.493. The second-order valence-corrected chi connectivity index (χ2v) is 6.60. The molecule has 2 N–H and O–H groups in total. The molecule has 17 heavy (non-hydrogen) atoms. The number of rotatable bonds is 10. The fourth-order valence-corrected chi connectivity index (χ4v) is 2.00. The summed E-state index contributed by atoms with van der Waals surface area (Å²) in [6.45, 7) is 7.51. The second kappa shape index (κ2) is 8.10. The zero-order chi connectivity index (χ0) is 13.4. The van der Waals surface area contributed by atoms with E-state index in [1.807, 2.05) is 27.7 Å². The minimum absolute atomic E-state index is 0.493. The van der Waals surface area contributed by atoms with Crippen molar-refractivity contribution in [1.82, 2.24) is 0 Å². The van der Waals surface area contributed by atoms with E-state index in [0.29, 0.717) is 0 Å². The molecular weight excluding hydrogens is 212 g/mol. The zero-order valence-electron chi connectivity index (χ0n) is 12.3. The first-order chi connectivity index (χ1) is 7.71. The highest BCUT2D eigenvalue weighted by atomic mass is 16.3. The Morgan fingerprint density at radius 2 is 0.765 bits per heavy atom. The Kier molecular flexibility index (Phi) is 8.06. The lowest BCUT2D eigenvalue weighted by atomic mass is 9.98. The summed E-state index contributed by atoms with van der Waals surface area (Å²) in [5, 5.41) is 19.1. The lowest BCUT2D eigenvalue weighted by Gasteiger charge is -2.16. The molecule has 0 aromatic heterocycles. The zero-order valence-corrected chi connectivity index (χ0v) is 12.3. The first kappa shape index (κ1) is 16.9. The molecule has 0 rings (SSSR count). The average Bonchev–Trinajstić information content (AvgIpc) is 2.11. The summed E-state index contributed by atoms with van der Waals surface area (Å²) in [7, 11) is 0. The van der Waals surface area contributed by atoms with Crippen molar-refractivity contribution in [3.8, 4) is 0 Å². The fraction of sp³-hybridized carbons (Fsp3) is 1.00. The Morgan fingerprint density at radius 3 is 1.00 bits per heavy atom. The van der Waals surface area contributed by atoms with Crippen molar-refractivity contribution in [3.63, 3.8) is 0 Å². The van der Waals surface area contributed by atoms with Gasteiger partial charge in [0.25, 0.3) is 0 Å². The van der Waals surface area contributed by atoms with Crippen molar-refractivity contribution < 1.29 is 10.2 Å². The van der Waals surface area contributed by atoms with Gasteiger partial charge in [-0.15, -0.1) is 0 Å². The van der Waals surface area contributed by atoms with Gasteiger partial charge in [-0.3, -0.25) is 0 Å². The summed E-state index contributed by atoms with van der Waals surface area (Å²) in [5.74, 6) is 0. The van der Waals surface area contributed by atoms with Crippen LogP contribution in [0.15, 0.2) is 0 Å². The molecule has 0 aliphatic heterocycles. The molecule has 0 heterocycles. The summed E-state index contributed by atoms with van der Waals surface area (Å²) in [6.07, 6.45) is 10.4. The van der Waals surface area contributed by atoms with E-state index in [2.05, 4.69) is 0 Å².